The Hall–Kier alpha value is -2.09. The predicted octanol–water partition coefficient (Wildman–Crippen LogP) is 0.164. The second-order valence-electron chi connectivity index (χ2n) is 2.87. The average Bonchev–Trinajstić information content (AvgIpc) is 2.15. The predicted molar refractivity (Wildman–Crippen MR) is 61.4 cm³/mol. The molecule has 2 rings (SSSR count). The first-order valence-electron chi connectivity index (χ1n) is 4.30. The van der Waals surface area contributed by atoms with Crippen LogP contribution in [0.3, 0.4) is 0 Å². The molecule has 0 radical (unpaired) electrons. The molecule has 0 saturated carbocycles. The minimum absolute atomic E-state index is 0.305. The van der Waals surface area contributed by atoms with Crippen molar-refractivity contribution in [2.75, 3.05) is 17.2 Å². The van der Waals surface area contributed by atoms with Crippen molar-refractivity contribution in [1.82, 2.24) is 19.9 Å². The summed E-state index contributed by atoms with van der Waals surface area (Å²) in [5.74, 6) is 0.993. The Morgan fingerprint density at radius 3 is 2.12 bits per heavy atom. The molecule has 0 amide bonds. The van der Waals surface area contributed by atoms with Crippen LogP contribution in [0.4, 0.5) is 17.5 Å². The summed E-state index contributed by atoms with van der Waals surface area (Å²) in [6.45, 7) is 0. The number of aromatic nitrogens is 4. The van der Waals surface area contributed by atoms with Crippen LogP contribution in [-0.2, 0) is 0 Å². The Morgan fingerprint density at radius 2 is 1.50 bits per heavy atom. The second kappa shape index (κ2) is 4.19. The topological polar surface area (TPSA) is 130 Å². The van der Waals surface area contributed by atoms with Gasteiger partial charge in [0, 0.05) is 12.3 Å². The zero-order valence-corrected chi connectivity index (χ0v) is 8.98. The zero-order valence-electron chi connectivity index (χ0n) is 8.16. The molecule has 0 fully saturated rings. The van der Waals surface area contributed by atoms with Crippen molar-refractivity contribution >= 4 is 29.2 Å². The number of hydrogen-bond donors (Lipinski definition) is 3. The minimum atomic E-state index is 0.305. The fraction of sp³-hybridized carbons (Fsp3) is 0. The van der Waals surface area contributed by atoms with Gasteiger partial charge in [-0.25, -0.2) is 19.9 Å². The third-order valence-corrected chi connectivity index (χ3v) is 2.33. The Balaban J connectivity index is 2.27. The molecule has 0 aliphatic rings. The van der Waals surface area contributed by atoms with E-state index in [1.165, 1.54) is 6.07 Å². The van der Waals surface area contributed by atoms with Gasteiger partial charge in [0.25, 0.3) is 0 Å². The van der Waals surface area contributed by atoms with Crippen LogP contribution >= 0.6 is 11.8 Å². The first-order valence-corrected chi connectivity index (χ1v) is 5.11. The Kier molecular flexibility index (Phi) is 2.73. The van der Waals surface area contributed by atoms with E-state index in [1.807, 2.05) is 0 Å². The van der Waals surface area contributed by atoms with Crippen LogP contribution < -0.4 is 17.2 Å². The fourth-order valence-electron chi connectivity index (χ4n) is 0.992. The van der Waals surface area contributed by atoms with Gasteiger partial charge in [0.15, 0.2) is 10.3 Å². The van der Waals surface area contributed by atoms with E-state index in [-0.39, 0.29) is 0 Å². The summed E-state index contributed by atoms with van der Waals surface area (Å²) < 4.78 is 0. The first kappa shape index (κ1) is 10.4. The highest BCUT2D eigenvalue weighted by Crippen LogP contribution is 2.22. The maximum Gasteiger partial charge on any atom is 0.199 e. The molecular weight excluding hydrogens is 226 g/mol. The minimum Gasteiger partial charge on any atom is -0.384 e. The first-order chi connectivity index (χ1) is 7.63. The van der Waals surface area contributed by atoms with Crippen molar-refractivity contribution in [2.45, 2.75) is 10.3 Å². The molecule has 2 heterocycles. The lowest BCUT2D eigenvalue weighted by atomic mass is 10.5. The summed E-state index contributed by atoms with van der Waals surface area (Å²) in [6.07, 6.45) is 1.56. The largest absolute Gasteiger partial charge is 0.384 e. The van der Waals surface area contributed by atoms with Crippen molar-refractivity contribution < 1.29 is 0 Å². The van der Waals surface area contributed by atoms with Gasteiger partial charge in [-0.1, -0.05) is 0 Å². The van der Waals surface area contributed by atoms with Gasteiger partial charge in [-0.05, 0) is 17.8 Å². The maximum absolute atomic E-state index is 5.53. The van der Waals surface area contributed by atoms with E-state index < -0.39 is 0 Å². The van der Waals surface area contributed by atoms with E-state index in [9.17, 15) is 0 Å². The van der Waals surface area contributed by atoms with Crippen molar-refractivity contribution in [3.8, 4) is 0 Å². The van der Waals surface area contributed by atoms with Gasteiger partial charge in [0.1, 0.15) is 17.5 Å². The van der Waals surface area contributed by atoms with Crippen LogP contribution in [0, 0.1) is 0 Å². The molecule has 82 valence electrons. The molecule has 0 unspecified atom stereocenters. The molecule has 6 N–H and O–H groups in total. The van der Waals surface area contributed by atoms with Gasteiger partial charge in [-0.2, -0.15) is 0 Å². The number of nitrogens with two attached hydrogens (primary N) is 3. The molecule has 0 spiro atoms. The second-order valence-corrected chi connectivity index (χ2v) is 3.80. The van der Waals surface area contributed by atoms with Crippen LogP contribution in [0.5, 0.6) is 0 Å². The fourth-order valence-corrected chi connectivity index (χ4v) is 1.72. The van der Waals surface area contributed by atoms with Gasteiger partial charge < -0.3 is 17.2 Å². The van der Waals surface area contributed by atoms with Gasteiger partial charge in [-0.15, -0.1) is 0 Å². The highest BCUT2D eigenvalue weighted by Gasteiger charge is 2.05. The number of hydrogen-bond acceptors (Lipinski definition) is 8. The summed E-state index contributed by atoms with van der Waals surface area (Å²) in [5, 5.41) is 0.841. The monoisotopic (exact) mass is 235 g/mol. The summed E-state index contributed by atoms with van der Waals surface area (Å²) in [7, 11) is 0. The third-order valence-electron chi connectivity index (χ3n) is 1.58. The molecule has 2 aromatic heterocycles. The molecule has 8 heteroatoms. The van der Waals surface area contributed by atoms with Crippen molar-refractivity contribution in [3.63, 3.8) is 0 Å². The standard InChI is InChI=1S/C8H9N7S/c9-4-1-2-12-7(13-4)16-8-14-5(10)3-6(11)15-8/h1-3H,(H2,9,12,13)(H4,10,11,14,15). The molecule has 0 aromatic carbocycles. The summed E-state index contributed by atoms with van der Waals surface area (Å²) >= 11 is 1.15. The van der Waals surface area contributed by atoms with Crippen molar-refractivity contribution in [2.24, 2.45) is 0 Å². The van der Waals surface area contributed by atoms with E-state index in [0.717, 1.165) is 11.8 Å². The van der Waals surface area contributed by atoms with Crippen LogP contribution in [0.2, 0.25) is 0 Å². The summed E-state index contributed by atoms with van der Waals surface area (Å²) in [6, 6.07) is 3.07. The van der Waals surface area contributed by atoms with Gasteiger partial charge in [0.05, 0.1) is 0 Å². The number of nitrogens with zero attached hydrogens (tertiary/aromatic N) is 4. The number of nitrogen functional groups attached to an aromatic ring is 3. The van der Waals surface area contributed by atoms with Crippen LogP contribution in [0.1, 0.15) is 0 Å². The third kappa shape index (κ3) is 2.48. The molecule has 0 atom stereocenters. The molecular formula is C8H9N7S. The highest BCUT2D eigenvalue weighted by atomic mass is 32.2. The van der Waals surface area contributed by atoms with Gasteiger partial charge in [0.2, 0.25) is 0 Å². The van der Waals surface area contributed by atoms with Crippen LogP contribution in [-0.4, -0.2) is 19.9 Å². The SMILES string of the molecule is Nc1ccnc(Sc2nc(N)cc(N)n2)n1. The highest BCUT2D eigenvalue weighted by molar-refractivity contribution is 7.99. The van der Waals surface area contributed by atoms with Crippen LogP contribution in [0.25, 0.3) is 0 Å². The van der Waals surface area contributed by atoms with Crippen LogP contribution in [0.15, 0.2) is 28.6 Å². The zero-order chi connectivity index (χ0) is 11.5. The van der Waals surface area contributed by atoms with E-state index in [0.29, 0.717) is 27.8 Å². The lowest BCUT2D eigenvalue weighted by molar-refractivity contribution is 0.939. The molecule has 0 saturated heterocycles. The molecule has 7 nitrogen and oxygen atoms in total. The Bertz CT molecular complexity index is 495. The smallest absolute Gasteiger partial charge is 0.199 e. The van der Waals surface area contributed by atoms with E-state index in [4.69, 9.17) is 17.2 Å². The molecule has 2 aromatic rings. The average molecular weight is 235 g/mol. The summed E-state index contributed by atoms with van der Waals surface area (Å²) in [4.78, 5) is 16.0. The Labute approximate surface area is 95.5 Å². The Morgan fingerprint density at radius 1 is 0.875 bits per heavy atom. The van der Waals surface area contributed by atoms with E-state index in [1.54, 1.807) is 12.3 Å². The van der Waals surface area contributed by atoms with Crippen molar-refractivity contribution in [3.05, 3.63) is 18.3 Å². The van der Waals surface area contributed by atoms with E-state index >= 15 is 0 Å². The van der Waals surface area contributed by atoms with Gasteiger partial charge >= 0.3 is 0 Å². The lowest BCUT2D eigenvalue weighted by Gasteiger charge is -2.01. The molecule has 0 aliphatic carbocycles. The normalized spacial score (nSPS) is 10.2. The maximum atomic E-state index is 5.53. The molecule has 16 heavy (non-hydrogen) atoms. The molecule has 0 aliphatic heterocycles. The van der Waals surface area contributed by atoms with Crippen molar-refractivity contribution in [1.29, 1.82) is 0 Å². The lowest BCUT2D eigenvalue weighted by Crippen LogP contribution is -2.00. The van der Waals surface area contributed by atoms with Gasteiger partial charge in [-0.3, -0.25) is 0 Å². The summed E-state index contributed by atoms with van der Waals surface area (Å²) in [5.41, 5.74) is 16.6. The molecule has 0 bridgehead atoms. The quantitative estimate of drug-likeness (QED) is 0.628. The van der Waals surface area contributed by atoms with E-state index in [2.05, 4.69) is 19.9 Å². The number of rotatable bonds is 2. The number of anilines is 3.